The number of anilines is 3. The number of carbonyl (C=O) groups is 1. The number of fused-ring (bicyclic) bond motifs is 4. The third kappa shape index (κ3) is 3.63. The molecule has 1 unspecified atom stereocenters. The molecule has 0 saturated heterocycles. The second-order valence-corrected chi connectivity index (χ2v) is 9.42. The second kappa shape index (κ2) is 8.42. The number of rotatable bonds is 5. The van der Waals surface area contributed by atoms with E-state index >= 15 is 0 Å². The minimum Gasteiger partial charge on any atom is -0.495 e. The minimum atomic E-state index is -0.0988. The van der Waals surface area contributed by atoms with Gasteiger partial charge in [0.25, 0.3) is 0 Å². The van der Waals surface area contributed by atoms with E-state index in [-0.39, 0.29) is 11.8 Å². The highest BCUT2D eigenvalue weighted by atomic mass is 32.1. The Labute approximate surface area is 199 Å². The van der Waals surface area contributed by atoms with Crippen LogP contribution in [-0.2, 0) is 17.6 Å². The number of nitrogens with zero attached hydrogens (tertiary/aromatic N) is 3. The van der Waals surface area contributed by atoms with E-state index in [4.69, 9.17) is 4.74 Å². The lowest BCUT2D eigenvalue weighted by atomic mass is 9.87. The maximum absolute atomic E-state index is 13.0. The predicted octanol–water partition coefficient (Wildman–Crippen LogP) is 5.06. The van der Waals surface area contributed by atoms with Gasteiger partial charge in [-0.05, 0) is 55.2 Å². The highest BCUT2D eigenvalue weighted by molar-refractivity contribution is 7.19. The first-order valence-electron chi connectivity index (χ1n) is 11.1. The van der Waals surface area contributed by atoms with Crippen molar-refractivity contribution in [1.29, 1.82) is 0 Å². The molecule has 3 N–H and O–H groups in total. The lowest BCUT2D eigenvalue weighted by Crippen LogP contribution is -2.27. The fraction of sp³-hybridized carbons (Fsp3) is 0.200. The lowest BCUT2D eigenvalue weighted by molar-refractivity contribution is -0.120. The van der Waals surface area contributed by atoms with E-state index in [1.807, 2.05) is 42.5 Å². The maximum atomic E-state index is 13.0. The van der Waals surface area contributed by atoms with Crippen molar-refractivity contribution in [2.45, 2.75) is 19.3 Å². The van der Waals surface area contributed by atoms with Crippen LogP contribution in [0.25, 0.3) is 21.1 Å². The zero-order valence-corrected chi connectivity index (χ0v) is 19.3. The van der Waals surface area contributed by atoms with Crippen molar-refractivity contribution in [3.8, 4) is 5.75 Å². The number of carbonyl (C=O) groups excluding carboxylic acids is 1. The van der Waals surface area contributed by atoms with Crippen molar-refractivity contribution < 1.29 is 9.53 Å². The average Bonchev–Trinajstić information content (AvgIpc) is 3.48. The molecule has 8 nitrogen and oxygen atoms in total. The predicted molar refractivity (Wildman–Crippen MR) is 134 cm³/mol. The lowest BCUT2D eigenvalue weighted by Gasteiger charge is -2.22. The van der Waals surface area contributed by atoms with Crippen LogP contribution in [0.1, 0.15) is 16.9 Å². The SMILES string of the molecule is COc1ccccc1NC(=O)C1CCc2c(sc3ncnc(Nc4ccc5[nH]ncc5c4)c23)C1. The fourth-order valence-electron chi connectivity index (χ4n) is 4.57. The van der Waals surface area contributed by atoms with Crippen molar-refractivity contribution in [3.05, 3.63) is 65.4 Å². The Bertz CT molecular complexity index is 1520. The summed E-state index contributed by atoms with van der Waals surface area (Å²) in [7, 11) is 1.61. The Morgan fingerprint density at radius 2 is 2.12 bits per heavy atom. The average molecular weight is 471 g/mol. The third-order valence-corrected chi connectivity index (χ3v) is 7.45. The van der Waals surface area contributed by atoms with E-state index < -0.39 is 0 Å². The summed E-state index contributed by atoms with van der Waals surface area (Å²) in [5.74, 6) is 1.37. The van der Waals surface area contributed by atoms with Gasteiger partial charge >= 0.3 is 0 Å². The number of hydrogen-bond donors (Lipinski definition) is 3. The number of ether oxygens (including phenoxy) is 1. The van der Waals surface area contributed by atoms with Crippen molar-refractivity contribution in [2.75, 3.05) is 17.7 Å². The largest absolute Gasteiger partial charge is 0.495 e. The zero-order valence-electron chi connectivity index (χ0n) is 18.5. The number of para-hydroxylation sites is 2. The van der Waals surface area contributed by atoms with E-state index in [0.29, 0.717) is 17.9 Å². The van der Waals surface area contributed by atoms with Gasteiger partial charge in [0.1, 0.15) is 22.7 Å². The summed E-state index contributed by atoms with van der Waals surface area (Å²) in [5, 5.41) is 15.7. The molecule has 1 amide bonds. The number of methoxy groups -OCH3 is 1. The van der Waals surface area contributed by atoms with Crippen LogP contribution in [0, 0.1) is 5.92 Å². The normalized spacial score (nSPS) is 15.3. The molecule has 1 atom stereocenters. The molecule has 0 aliphatic heterocycles. The van der Waals surface area contributed by atoms with Crippen molar-refractivity contribution in [1.82, 2.24) is 20.2 Å². The number of thiophene rings is 1. The smallest absolute Gasteiger partial charge is 0.227 e. The monoisotopic (exact) mass is 470 g/mol. The van der Waals surface area contributed by atoms with Gasteiger partial charge in [-0.15, -0.1) is 11.3 Å². The van der Waals surface area contributed by atoms with Crippen LogP contribution in [0.5, 0.6) is 5.75 Å². The van der Waals surface area contributed by atoms with Crippen LogP contribution in [0.3, 0.4) is 0 Å². The van der Waals surface area contributed by atoms with Gasteiger partial charge in [0.2, 0.25) is 5.91 Å². The van der Waals surface area contributed by atoms with Crippen molar-refractivity contribution in [3.63, 3.8) is 0 Å². The standard InChI is InChI=1S/C25H22N6O2S/c1-33-20-5-3-2-4-19(20)30-24(32)14-6-8-17-21(11-14)34-25-22(17)23(26-13-27-25)29-16-7-9-18-15(10-16)12-28-31-18/h2-5,7,9-10,12-14H,6,8,11H2,1H3,(H,28,31)(H,30,32)(H,26,27,29). The van der Waals surface area contributed by atoms with E-state index in [2.05, 4.69) is 30.8 Å². The molecular weight excluding hydrogens is 448 g/mol. The molecule has 0 spiro atoms. The molecule has 0 radical (unpaired) electrons. The van der Waals surface area contributed by atoms with Crippen LogP contribution in [0.15, 0.2) is 55.0 Å². The first-order valence-corrected chi connectivity index (χ1v) is 11.9. The fourth-order valence-corrected chi connectivity index (χ4v) is 5.84. The molecule has 0 fully saturated rings. The Balaban J connectivity index is 1.26. The Kier molecular flexibility index (Phi) is 5.10. The summed E-state index contributed by atoms with van der Waals surface area (Å²) in [5.41, 5.74) is 3.88. The Morgan fingerprint density at radius 3 is 3.03 bits per heavy atom. The third-order valence-electron chi connectivity index (χ3n) is 6.28. The van der Waals surface area contributed by atoms with E-state index in [0.717, 1.165) is 45.5 Å². The van der Waals surface area contributed by atoms with E-state index in [9.17, 15) is 4.79 Å². The number of benzene rings is 2. The van der Waals surface area contributed by atoms with E-state index in [1.165, 1.54) is 10.4 Å². The Morgan fingerprint density at radius 1 is 1.21 bits per heavy atom. The van der Waals surface area contributed by atoms with E-state index in [1.54, 1.807) is 31.0 Å². The molecular formula is C25H22N6O2S. The van der Waals surface area contributed by atoms with Crippen LogP contribution in [0.4, 0.5) is 17.2 Å². The maximum Gasteiger partial charge on any atom is 0.227 e. The summed E-state index contributed by atoms with van der Waals surface area (Å²) >= 11 is 1.65. The molecule has 3 heterocycles. The summed E-state index contributed by atoms with van der Waals surface area (Å²) in [6.07, 6.45) is 5.67. The first kappa shape index (κ1) is 20.6. The molecule has 0 saturated carbocycles. The van der Waals surface area contributed by atoms with Gasteiger partial charge < -0.3 is 15.4 Å². The Hall–Kier alpha value is -3.98. The minimum absolute atomic E-state index is 0.0189. The van der Waals surface area contributed by atoms with Crippen LogP contribution in [0.2, 0.25) is 0 Å². The molecule has 2 aromatic carbocycles. The highest BCUT2D eigenvalue weighted by Crippen LogP contribution is 2.41. The number of aryl methyl sites for hydroxylation is 1. The number of H-pyrrole nitrogens is 1. The molecule has 3 aromatic heterocycles. The zero-order chi connectivity index (χ0) is 23.1. The number of aromatic nitrogens is 4. The van der Waals surface area contributed by atoms with Crippen molar-refractivity contribution in [2.24, 2.45) is 5.92 Å². The number of amides is 1. The molecule has 0 bridgehead atoms. The van der Waals surface area contributed by atoms with Gasteiger partial charge in [-0.1, -0.05) is 12.1 Å². The number of hydrogen-bond acceptors (Lipinski definition) is 7. The van der Waals surface area contributed by atoms with Crippen LogP contribution < -0.4 is 15.4 Å². The second-order valence-electron chi connectivity index (χ2n) is 8.33. The van der Waals surface area contributed by atoms with Crippen LogP contribution in [-0.4, -0.2) is 33.2 Å². The van der Waals surface area contributed by atoms with Gasteiger partial charge in [0.05, 0.1) is 29.9 Å². The summed E-state index contributed by atoms with van der Waals surface area (Å²) in [6, 6.07) is 13.5. The summed E-state index contributed by atoms with van der Waals surface area (Å²) in [6.45, 7) is 0. The molecule has 5 aromatic rings. The van der Waals surface area contributed by atoms with Crippen LogP contribution >= 0.6 is 11.3 Å². The molecule has 6 rings (SSSR count). The summed E-state index contributed by atoms with van der Waals surface area (Å²) < 4.78 is 5.37. The summed E-state index contributed by atoms with van der Waals surface area (Å²) in [4.78, 5) is 24.3. The quantitative estimate of drug-likeness (QED) is 0.332. The number of aromatic amines is 1. The number of nitrogens with one attached hydrogen (secondary N) is 3. The van der Waals surface area contributed by atoms with Gasteiger partial charge in [-0.3, -0.25) is 9.89 Å². The van der Waals surface area contributed by atoms with Gasteiger partial charge in [-0.2, -0.15) is 5.10 Å². The molecule has 170 valence electrons. The van der Waals surface area contributed by atoms with Gasteiger partial charge in [0.15, 0.2) is 0 Å². The molecule has 1 aliphatic rings. The highest BCUT2D eigenvalue weighted by Gasteiger charge is 2.29. The van der Waals surface area contributed by atoms with Gasteiger partial charge in [0, 0.05) is 21.9 Å². The first-order chi connectivity index (χ1) is 16.7. The molecule has 9 heteroatoms. The molecule has 1 aliphatic carbocycles. The molecule has 34 heavy (non-hydrogen) atoms. The van der Waals surface area contributed by atoms with Gasteiger partial charge in [-0.25, -0.2) is 9.97 Å². The topological polar surface area (TPSA) is 105 Å². The van der Waals surface area contributed by atoms with Crippen molar-refractivity contribution >= 4 is 55.6 Å².